The van der Waals surface area contributed by atoms with Crippen LogP contribution in [0.1, 0.15) is 22.5 Å². The van der Waals surface area contributed by atoms with Crippen molar-refractivity contribution in [2.75, 3.05) is 44.3 Å². The molecule has 0 bridgehead atoms. The van der Waals surface area contributed by atoms with Crippen LogP contribution < -0.4 is 4.90 Å². The molecule has 0 saturated carbocycles. The number of thiazole rings is 1. The number of aryl methyl sites for hydroxylation is 2. The molecule has 1 amide bonds. The Hall–Kier alpha value is -2.00. The summed E-state index contributed by atoms with van der Waals surface area (Å²) < 4.78 is 8.03. The van der Waals surface area contributed by atoms with Gasteiger partial charge in [0.1, 0.15) is 5.69 Å². The summed E-state index contributed by atoms with van der Waals surface area (Å²) in [7, 11) is 1.80. The molecule has 7 nitrogen and oxygen atoms in total. The minimum absolute atomic E-state index is 0.0744. The number of fused-ring (bicyclic) bond motifs is 1. The molecule has 29 heavy (non-hydrogen) atoms. The van der Waals surface area contributed by atoms with E-state index >= 15 is 0 Å². The third-order valence-electron chi connectivity index (χ3n) is 5.10. The molecule has 0 aliphatic carbocycles. The van der Waals surface area contributed by atoms with Crippen LogP contribution in [0.2, 0.25) is 5.02 Å². The van der Waals surface area contributed by atoms with Gasteiger partial charge in [0.15, 0.2) is 5.13 Å². The SMILES string of the molecule is Cc1cnn(C)c1C(=O)N(CCCN1CCOCC1)c1nc2ccc(Cl)cc2s1. The fourth-order valence-corrected chi connectivity index (χ4v) is 4.81. The van der Waals surface area contributed by atoms with Crippen molar-refractivity contribution in [2.45, 2.75) is 13.3 Å². The third kappa shape index (κ3) is 4.45. The highest BCUT2D eigenvalue weighted by Crippen LogP contribution is 2.32. The number of morpholine rings is 1. The van der Waals surface area contributed by atoms with E-state index in [-0.39, 0.29) is 5.91 Å². The Kier molecular flexibility index (Phi) is 6.15. The highest BCUT2D eigenvalue weighted by Gasteiger charge is 2.25. The van der Waals surface area contributed by atoms with Crippen molar-refractivity contribution in [3.63, 3.8) is 0 Å². The maximum Gasteiger partial charge on any atom is 0.278 e. The van der Waals surface area contributed by atoms with Gasteiger partial charge in [-0.2, -0.15) is 5.10 Å². The first-order valence-electron chi connectivity index (χ1n) is 9.69. The molecule has 0 unspecified atom stereocenters. The number of anilines is 1. The van der Waals surface area contributed by atoms with Crippen LogP contribution in [0.5, 0.6) is 0 Å². The van der Waals surface area contributed by atoms with Gasteiger partial charge in [0.05, 0.1) is 29.6 Å². The number of aromatic nitrogens is 3. The molecule has 0 spiro atoms. The number of carbonyl (C=O) groups is 1. The maximum atomic E-state index is 13.4. The van der Waals surface area contributed by atoms with Gasteiger partial charge >= 0.3 is 0 Å². The summed E-state index contributed by atoms with van der Waals surface area (Å²) in [6.07, 6.45) is 2.58. The average molecular weight is 434 g/mol. The summed E-state index contributed by atoms with van der Waals surface area (Å²) in [6.45, 7) is 6.85. The van der Waals surface area contributed by atoms with E-state index in [1.54, 1.807) is 22.8 Å². The number of nitrogens with zero attached hydrogens (tertiary/aromatic N) is 5. The lowest BCUT2D eigenvalue weighted by molar-refractivity contribution is 0.0376. The third-order valence-corrected chi connectivity index (χ3v) is 6.38. The maximum absolute atomic E-state index is 13.4. The lowest BCUT2D eigenvalue weighted by Crippen LogP contribution is -2.39. The second kappa shape index (κ2) is 8.79. The molecular formula is C20H24ClN5O2S. The Morgan fingerprint density at radius 1 is 1.34 bits per heavy atom. The first kappa shape index (κ1) is 20.3. The second-order valence-electron chi connectivity index (χ2n) is 7.17. The molecule has 1 aliphatic heterocycles. The minimum atomic E-state index is -0.0744. The van der Waals surface area contributed by atoms with E-state index in [4.69, 9.17) is 21.3 Å². The number of rotatable bonds is 6. The lowest BCUT2D eigenvalue weighted by Gasteiger charge is -2.27. The Morgan fingerprint density at radius 3 is 2.86 bits per heavy atom. The van der Waals surface area contributed by atoms with Crippen molar-refractivity contribution in [1.29, 1.82) is 0 Å². The van der Waals surface area contributed by atoms with Crippen LogP contribution in [0.15, 0.2) is 24.4 Å². The fraction of sp³-hybridized carbons (Fsp3) is 0.450. The number of benzene rings is 1. The monoisotopic (exact) mass is 433 g/mol. The van der Waals surface area contributed by atoms with Crippen molar-refractivity contribution < 1.29 is 9.53 Å². The van der Waals surface area contributed by atoms with Gasteiger partial charge in [0.2, 0.25) is 0 Å². The van der Waals surface area contributed by atoms with Crippen molar-refractivity contribution in [3.05, 3.63) is 40.7 Å². The van der Waals surface area contributed by atoms with Crippen LogP contribution in [0.3, 0.4) is 0 Å². The zero-order valence-electron chi connectivity index (χ0n) is 16.6. The van der Waals surface area contributed by atoms with Crippen LogP contribution in [-0.2, 0) is 11.8 Å². The van der Waals surface area contributed by atoms with Crippen molar-refractivity contribution in [3.8, 4) is 0 Å². The van der Waals surface area contributed by atoms with E-state index < -0.39 is 0 Å². The van der Waals surface area contributed by atoms with Gasteiger partial charge in [0.25, 0.3) is 5.91 Å². The molecule has 0 N–H and O–H groups in total. The Balaban J connectivity index is 1.59. The molecule has 4 rings (SSSR count). The zero-order valence-corrected chi connectivity index (χ0v) is 18.2. The Labute approximate surface area is 178 Å². The molecule has 1 saturated heterocycles. The number of ether oxygens (including phenoxy) is 1. The molecule has 1 aliphatic rings. The van der Waals surface area contributed by atoms with Gasteiger partial charge in [-0.1, -0.05) is 22.9 Å². The number of hydrogen-bond donors (Lipinski definition) is 0. The van der Waals surface area contributed by atoms with E-state index in [0.29, 0.717) is 22.4 Å². The van der Waals surface area contributed by atoms with Gasteiger partial charge in [-0.25, -0.2) is 4.98 Å². The van der Waals surface area contributed by atoms with Gasteiger partial charge in [-0.3, -0.25) is 19.3 Å². The van der Waals surface area contributed by atoms with Crippen molar-refractivity contribution in [2.24, 2.45) is 7.05 Å². The summed E-state index contributed by atoms with van der Waals surface area (Å²) in [4.78, 5) is 22.3. The largest absolute Gasteiger partial charge is 0.379 e. The van der Waals surface area contributed by atoms with E-state index in [2.05, 4.69) is 10.00 Å². The molecule has 1 aromatic carbocycles. The normalized spacial score (nSPS) is 15.1. The zero-order chi connectivity index (χ0) is 20.4. The molecule has 3 aromatic rings. The molecule has 2 aromatic heterocycles. The molecule has 3 heterocycles. The van der Waals surface area contributed by atoms with E-state index in [1.165, 1.54) is 11.3 Å². The summed E-state index contributed by atoms with van der Waals surface area (Å²) in [5.41, 5.74) is 2.30. The van der Waals surface area contributed by atoms with Crippen molar-refractivity contribution in [1.82, 2.24) is 19.7 Å². The topological polar surface area (TPSA) is 63.5 Å². The van der Waals surface area contributed by atoms with Crippen molar-refractivity contribution >= 4 is 44.2 Å². The lowest BCUT2D eigenvalue weighted by atomic mass is 10.2. The van der Waals surface area contributed by atoms with Crippen LogP contribution in [-0.4, -0.2) is 65.0 Å². The van der Waals surface area contributed by atoms with E-state index in [0.717, 1.165) is 55.0 Å². The Morgan fingerprint density at radius 2 is 2.14 bits per heavy atom. The highest BCUT2D eigenvalue weighted by molar-refractivity contribution is 7.22. The molecular weight excluding hydrogens is 410 g/mol. The van der Waals surface area contributed by atoms with E-state index in [1.807, 2.05) is 25.1 Å². The molecule has 9 heteroatoms. The summed E-state index contributed by atoms with van der Waals surface area (Å²) in [5, 5.41) is 5.59. The highest BCUT2D eigenvalue weighted by atomic mass is 35.5. The van der Waals surface area contributed by atoms with Crippen LogP contribution in [0.25, 0.3) is 10.2 Å². The Bertz CT molecular complexity index is 992. The average Bonchev–Trinajstić information content (AvgIpc) is 3.27. The van der Waals surface area contributed by atoms with Gasteiger partial charge in [0, 0.05) is 38.2 Å². The molecule has 154 valence electrons. The predicted octanol–water partition coefficient (Wildman–Crippen LogP) is 3.36. The van der Waals surface area contributed by atoms with Crippen LogP contribution in [0.4, 0.5) is 5.13 Å². The predicted molar refractivity (Wildman–Crippen MR) is 116 cm³/mol. The molecule has 0 atom stereocenters. The van der Waals surface area contributed by atoms with E-state index in [9.17, 15) is 4.79 Å². The quantitative estimate of drug-likeness (QED) is 0.596. The smallest absolute Gasteiger partial charge is 0.278 e. The standard InChI is InChI=1S/C20H24ClN5O2S/c1-14-13-22-24(2)18(14)19(27)26(7-3-6-25-8-10-28-11-9-25)20-23-16-5-4-15(21)12-17(16)29-20/h4-5,12-13H,3,6-11H2,1-2H3. The van der Waals surface area contributed by atoms with Gasteiger partial charge in [-0.05, 0) is 37.1 Å². The minimum Gasteiger partial charge on any atom is -0.379 e. The number of halogens is 1. The second-order valence-corrected chi connectivity index (χ2v) is 8.62. The summed E-state index contributed by atoms with van der Waals surface area (Å²) in [6, 6.07) is 5.61. The molecule has 1 fully saturated rings. The number of hydrogen-bond acceptors (Lipinski definition) is 6. The fourth-order valence-electron chi connectivity index (χ4n) is 3.55. The number of carbonyl (C=O) groups excluding carboxylic acids is 1. The first-order valence-corrected chi connectivity index (χ1v) is 10.9. The molecule has 0 radical (unpaired) electrons. The van der Waals surface area contributed by atoms with Crippen LogP contribution >= 0.6 is 22.9 Å². The van der Waals surface area contributed by atoms with Gasteiger partial charge < -0.3 is 4.74 Å². The van der Waals surface area contributed by atoms with Gasteiger partial charge in [-0.15, -0.1) is 0 Å². The first-order chi connectivity index (χ1) is 14.0. The number of amides is 1. The summed E-state index contributed by atoms with van der Waals surface area (Å²) in [5.74, 6) is -0.0744. The summed E-state index contributed by atoms with van der Waals surface area (Å²) >= 11 is 7.62. The van der Waals surface area contributed by atoms with Crippen LogP contribution in [0, 0.1) is 6.92 Å².